The number of thiol groups is 2. The summed E-state index contributed by atoms with van der Waals surface area (Å²) in [6.45, 7) is 1.97. The summed E-state index contributed by atoms with van der Waals surface area (Å²) in [5.41, 5.74) is 0. The Bertz CT molecular complexity index is 48.1. The molecule has 0 unspecified atom stereocenters. The standard InChI is InChI=1S/C4H10OS2/c1-2-3-4(5,6)7/h5-7H,2-3H2,1H3. The molecule has 1 N–H and O–H groups in total. The maximum atomic E-state index is 8.75. The largest absolute Gasteiger partial charge is 0.371 e. The summed E-state index contributed by atoms with van der Waals surface area (Å²) < 4.78 is -1.06. The van der Waals surface area contributed by atoms with E-state index in [4.69, 9.17) is 5.11 Å². The van der Waals surface area contributed by atoms with Gasteiger partial charge in [-0.1, -0.05) is 13.3 Å². The van der Waals surface area contributed by atoms with Crippen molar-refractivity contribution in [1.82, 2.24) is 0 Å². The first kappa shape index (κ1) is 7.66. The van der Waals surface area contributed by atoms with Gasteiger partial charge in [0.15, 0.2) is 4.27 Å². The normalized spacial score (nSPS) is 12.0. The molecule has 0 aromatic carbocycles. The molecule has 0 aliphatic carbocycles. The van der Waals surface area contributed by atoms with Gasteiger partial charge in [0, 0.05) is 0 Å². The molecule has 1 nitrogen and oxygen atoms in total. The van der Waals surface area contributed by atoms with E-state index in [1.54, 1.807) is 0 Å². The van der Waals surface area contributed by atoms with E-state index in [0.29, 0.717) is 6.42 Å². The van der Waals surface area contributed by atoms with Crippen LogP contribution in [0, 0.1) is 0 Å². The summed E-state index contributed by atoms with van der Waals surface area (Å²) in [7, 11) is 0. The molecule has 0 bridgehead atoms. The fourth-order valence-electron chi connectivity index (χ4n) is 0.335. The molecule has 0 aromatic heterocycles. The van der Waals surface area contributed by atoms with Gasteiger partial charge in [0.2, 0.25) is 0 Å². The van der Waals surface area contributed by atoms with Crippen LogP contribution in [-0.2, 0) is 0 Å². The van der Waals surface area contributed by atoms with E-state index in [2.05, 4.69) is 25.3 Å². The molecule has 0 spiro atoms. The van der Waals surface area contributed by atoms with Crippen molar-refractivity contribution in [3.8, 4) is 0 Å². The highest BCUT2D eigenvalue weighted by Gasteiger charge is 2.11. The van der Waals surface area contributed by atoms with Gasteiger partial charge >= 0.3 is 0 Å². The van der Waals surface area contributed by atoms with E-state index in [1.807, 2.05) is 6.92 Å². The fourth-order valence-corrected chi connectivity index (χ4v) is 0.783. The predicted molar refractivity (Wildman–Crippen MR) is 37.8 cm³/mol. The molecule has 0 radical (unpaired) electrons. The molecule has 0 rings (SSSR count). The number of rotatable bonds is 2. The molecular weight excluding hydrogens is 128 g/mol. The van der Waals surface area contributed by atoms with Crippen LogP contribution in [0.1, 0.15) is 19.8 Å². The fraction of sp³-hybridized carbons (Fsp3) is 1.00. The van der Waals surface area contributed by atoms with Gasteiger partial charge in [0.25, 0.3) is 0 Å². The van der Waals surface area contributed by atoms with Crippen LogP contribution in [0.5, 0.6) is 0 Å². The van der Waals surface area contributed by atoms with Crippen LogP contribution in [0.15, 0.2) is 0 Å². The Labute approximate surface area is 54.9 Å². The Hall–Kier alpha value is 0.660. The minimum absolute atomic E-state index is 0.624. The first-order valence-electron chi connectivity index (χ1n) is 2.23. The van der Waals surface area contributed by atoms with Gasteiger partial charge in [0.1, 0.15) is 0 Å². The van der Waals surface area contributed by atoms with E-state index >= 15 is 0 Å². The Balaban J connectivity index is 3.15. The number of hydrogen-bond donors (Lipinski definition) is 3. The Morgan fingerprint density at radius 1 is 1.57 bits per heavy atom. The molecule has 0 amide bonds. The Morgan fingerprint density at radius 2 is 2.00 bits per heavy atom. The maximum absolute atomic E-state index is 8.75. The van der Waals surface area contributed by atoms with Crippen molar-refractivity contribution >= 4 is 25.3 Å². The molecule has 0 fully saturated rings. The molecule has 0 saturated heterocycles. The van der Waals surface area contributed by atoms with E-state index in [1.165, 1.54) is 0 Å². The van der Waals surface area contributed by atoms with Crippen molar-refractivity contribution in [2.24, 2.45) is 0 Å². The van der Waals surface area contributed by atoms with Gasteiger partial charge in [-0.3, -0.25) is 0 Å². The predicted octanol–water partition coefficient (Wildman–Crippen LogP) is 1.29. The van der Waals surface area contributed by atoms with E-state index in [-0.39, 0.29) is 0 Å². The monoisotopic (exact) mass is 138 g/mol. The molecule has 0 saturated carbocycles. The second kappa shape index (κ2) is 2.84. The van der Waals surface area contributed by atoms with Gasteiger partial charge < -0.3 is 5.11 Å². The minimum atomic E-state index is -1.06. The lowest BCUT2D eigenvalue weighted by Crippen LogP contribution is -2.09. The maximum Gasteiger partial charge on any atom is 0.151 e. The molecule has 0 aromatic rings. The molecule has 0 heterocycles. The summed E-state index contributed by atoms with van der Waals surface area (Å²) in [6.07, 6.45) is 1.53. The van der Waals surface area contributed by atoms with Gasteiger partial charge in [-0.2, -0.15) is 0 Å². The highest BCUT2D eigenvalue weighted by atomic mass is 32.2. The second-order valence-electron chi connectivity index (χ2n) is 1.52. The second-order valence-corrected chi connectivity index (χ2v) is 3.36. The SMILES string of the molecule is CCCC(O)(S)S. The highest BCUT2D eigenvalue weighted by molar-refractivity contribution is 8.00. The molecule has 7 heavy (non-hydrogen) atoms. The van der Waals surface area contributed by atoms with Crippen LogP contribution < -0.4 is 0 Å². The lowest BCUT2D eigenvalue weighted by molar-refractivity contribution is 0.223. The lowest BCUT2D eigenvalue weighted by Gasteiger charge is -2.11. The van der Waals surface area contributed by atoms with E-state index < -0.39 is 4.27 Å². The zero-order chi connectivity index (χ0) is 5.91. The van der Waals surface area contributed by atoms with Crippen molar-refractivity contribution in [3.63, 3.8) is 0 Å². The third kappa shape index (κ3) is 6.66. The topological polar surface area (TPSA) is 20.2 Å². The Kier molecular flexibility index (Phi) is 3.11. The van der Waals surface area contributed by atoms with Gasteiger partial charge in [0.05, 0.1) is 0 Å². The van der Waals surface area contributed by atoms with Crippen molar-refractivity contribution in [1.29, 1.82) is 0 Å². The van der Waals surface area contributed by atoms with Gasteiger partial charge in [-0.15, -0.1) is 25.3 Å². The van der Waals surface area contributed by atoms with E-state index in [9.17, 15) is 0 Å². The van der Waals surface area contributed by atoms with Crippen LogP contribution in [0.2, 0.25) is 0 Å². The third-order valence-corrected chi connectivity index (χ3v) is 1.03. The molecule has 3 heteroatoms. The van der Waals surface area contributed by atoms with Crippen LogP contribution in [0.3, 0.4) is 0 Å². The summed E-state index contributed by atoms with van der Waals surface area (Å²) in [5.74, 6) is 0. The van der Waals surface area contributed by atoms with Crippen molar-refractivity contribution < 1.29 is 5.11 Å². The van der Waals surface area contributed by atoms with Crippen LogP contribution in [-0.4, -0.2) is 9.37 Å². The molecule has 44 valence electrons. The van der Waals surface area contributed by atoms with Crippen molar-refractivity contribution in [2.75, 3.05) is 0 Å². The first-order chi connectivity index (χ1) is 3.06. The minimum Gasteiger partial charge on any atom is -0.371 e. The van der Waals surface area contributed by atoms with Crippen LogP contribution in [0.25, 0.3) is 0 Å². The summed E-state index contributed by atoms with van der Waals surface area (Å²) in [5, 5.41) is 8.75. The van der Waals surface area contributed by atoms with E-state index in [0.717, 1.165) is 6.42 Å². The molecule has 0 aliphatic heterocycles. The first-order valence-corrected chi connectivity index (χ1v) is 3.13. The average Bonchev–Trinajstić information content (AvgIpc) is 1.30. The van der Waals surface area contributed by atoms with Crippen molar-refractivity contribution in [3.05, 3.63) is 0 Å². The quantitative estimate of drug-likeness (QED) is 0.388. The van der Waals surface area contributed by atoms with Gasteiger partial charge in [-0.25, -0.2) is 0 Å². The van der Waals surface area contributed by atoms with Gasteiger partial charge in [-0.05, 0) is 6.42 Å². The van der Waals surface area contributed by atoms with Crippen LogP contribution >= 0.6 is 25.3 Å². The Morgan fingerprint density at radius 3 is 2.00 bits per heavy atom. The number of aliphatic hydroxyl groups is 1. The highest BCUT2D eigenvalue weighted by Crippen LogP contribution is 2.20. The lowest BCUT2D eigenvalue weighted by atomic mass is 10.4. The number of hydrogen-bond acceptors (Lipinski definition) is 3. The average molecular weight is 138 g/mol. The smallest absolute Gasteiger partial charge is 0.151 e. The molecular formula is C4H10OS2. The summed E-state index contributed by atoms with van der Waals surface area (Å²) >= 11 is 7.51. The molecule has 0 aliphatic rings. The third-order valence-electron chi connectivity index (χ3n) is 0.585. The summed E-state index contributed by atoms with van der Waals surface area (Å²) in [4.78, 5) is 0. The van der Waals surface area contributed by atoms with Crippen LogP contribution in [0.4, 0.5) is 0 Å². The zero-order valence-electron chi connectivity index (χ0n) is 4.26. The van der Waals surface area contributed by atoms with Crippen molar-refractivity contribution in [2.45, 2.75) is 24.0 Å². The summed E-state index contributed by atoms with van der Waals surface area (Å²) in [6, 6.07) is 0. The zero-order valence-corrected chi connectivity index (χ0v) is 6.04. The molecule has 0 atom stereocenters.